The maximum Gasteiger partial charge on any atom is 0.271 e. The summed E-state index contributed by atoms with van der Waals surface area (Å²) in [6, 6.07) is 19.9. The second kappa shape index (κ2) is 10.6. The highest BCUT2D eigenvalue weighted by atomic mass is 32.2. The van der Waals surface area contributed by atoms with Crippen molar-refractivity contribution < 1.29 is 9.59 Å². The Hall–Kier alpha value is -3.89. The number of aromatic nitrogens is 2. The Balaban J connectivity index is 1.88. The molecule has 0 aliphatic carbocycles. The number of carbonyl (C=O) groups excluding carboxylic acids is 2. The van der Waals surface area contributed by atoms with Gasteiger partial charge in [0, 0.05) is 34.3 Å². The molecule has 0 saturated heterocycles. The van der Waals surface area contributed by atoms with Crippen LogP contribution in [0.5, 0.6) is 0 Å². The molecule has 7 heteroatoms. The van der Waals surface area contributed by atoms with Gasteiger partial charge in [0.1, 0.15) is 11.6 Å². The number of nitrogens with zero attached hydrogens (tertiary/aromatic N) is 4. The van der Waals surface area contributed by atoms with Gasteiger partial charge in [-0.3, -0.25) is 14.5 Å². The molecule has 35 heavy (non-hydrogen) atoms. The van der Waals surface area contributed by atoms with E-state index < -0.39 is 5.91 Å². The predicted molar refractivity (Wildman–Crippen MR) is 139 cm³/mol. The van der Waals surface area contributed by atoms with Crippen LogP contribution in [0.4, 0.5) is 0 Å². The van der Waals surface area contributed by atoms with Gasteiger partial charge in [-0.2, -0.15) is 10.4 Å². The van der Waals surface area contributed by atoms with Crippen LogP contribution in [0.3, 0.4) is 0 Å². The first-order valence-corrected chi connectivity index (χ1v) is 12.5. The van der Waals surface area contributed by atoms with E-state index in [1.165, 1.54) is 4.90 Å². The third-order valence-corrected chi connectivity index (χ3v) is 6.67. The van der Waals surface area contributed by atoms with Crippen molar-refractivity contribution in [1.29, 1.82) is 5.26 Å². The van der Waals surface area contributed by atoms with E-state index in [0.29, 0.717) is 23.3 Å². The Morgan fingerprint density at radius 1 is 1.03 bits per heavy atom. The summed E-state index contributed by atoms with van der Waals surface area (Å²) < 4.78 is 1.78. The number of hydrogen-bond acceptors (Lipinski definition) is 5. The molecule has 0 N–H and O–H groups in total. The molecule has 0 bridgehead atoms. The van der Waals surface area contributed by atoms with E-state index in [1.54, 1.807) is 29.4 Å². The third-order valence-electron chi connectivity index (χ3n) is 5.77. The summed E-state index contributed by atoms with van der Waals surface area (Å²) in [7, 11) is 0. The summed E-state index contributed by atoms with van der Waals surface area (Å²) in [5.41, 5.74) is 3.98. The largest absolute Gasteiger partial charge is 0.274 e. The SMILES string of the molecule is CCCN1C(=O)C(C#N)=C(C)/C(=C\c2cn(-c3ccccc3)nc2-c2ccc(SCC)cc2)C1=O. The van der Waals surface area contributed by atoms with Crippen molar-refractivity contribution in [3.63, 3.8) is 0 Å². The summed E-state index contributed by atoms with van der Waals surface area (Å²) >= 11 is 1.77. The molecule has 2 aromatic carbocycles. The zero-order chi connectivity index (χ0) is 24.9. The number of hydrogen-bond donors (Lipinski definition) is 0. The molecule has 0 radical (unpaired) electrons. The van der Waals surface area contributed by atoms with Crippen molar-refractivity contribution in [1.82, 2.24) is 14.7 Å². The molecule has 0 unspecified atom stereocenters. The molecular formula is C28H26N4O2S. The van der Waals surface area contributed by atoms with E-state index in [4.69, 9.17) is 5.10 Å². The van der Waals surface area contributed by atoms with E-state index >= 15 is 0 Å². The minimum absolute atomic E-state index is 0.00208. The van der Waals surface area contributed by atoms with Gasteiger partial charge in [0.15, 0.2) is 0 Å². The van der Waals surface area contributed by atoms with Crippen LogP contribution in [0.2, 0.25) is 0 Å². The summed E-state index contributed by atoms with van der Waals surface area (Å²) in [6.45, 7) is 5.93. The minimum atomic E-state index is -0.529. The number of para-hydroxylation sites is 1. The number of imide groups is 1. The van der Waals surface area contributed by atoms with Gasteiger partial charge in [0.05, 0.1) is 11.4 Å². The van der Waals surface area contributed by atoms with Crippen LogP contribution in [0.1, 0.15) is 32.8 Å². The van der Waals surface area contributed by atoms with Crippen molar-refractivity contribution in [2.24, 2.45) is 0 Å². The van der Waals surface area contributed by atoms with Gasteiger partial charge in [0.2, 0.25) is 0 Å². The first-order chi connectivity index (χ1) is 17.0. The van der Waals surface area contributed by atoms with E-state index in [-0.39, 0.29) is 18.0 Å². The van der Waals surface area contributed by atoms with Crippen LogP contribution in [-0.4, -0.2) is 38.8 Å². The second-order valence-corrected chi connectivity index (χ2v) is 9.44. The Morgan fingerprint density at radius 2 is 1.74 bits per heavy atom. The summed E-state index contributed by atoms with van der Waals surface area (Å²) in [6.07, 6.45) is 4.24. The molecular weight excluding hydrogens is 456 g/mol. The molecule has 2 amide bonds. The monoisotopic (exact) mass is 482 g/mol. The smallest absolute Gasteiger partial charge is 0.271 e. The lowest BCUT2D eigenvalue weighted by atomic mass is 9.93. The second-order valence-electron chi connectivity index (χ2n) is 8.10. The average molecular weight is 483 g/mol. The highest BCUT2D eigenvalue weighted by Crippen LogP contribution is 2.32. The van der Waals surface area contributed by atoms with Gasteiger partial charge in [-0.1, -0.05) is 44.2 Å². The van der Waals surface area contributed by atoms with Gasteiger partial charge in [0.25, 0.3) is 11.8 Å². The number of benzene rings is 2. The summed E-state index contributed by atoms with van der Waals surface area (Å²) in [5.74, 6) is 0.0704. The summed E-state index contributed by atoms with van der Waals surface area (Å²) in [4.78, 5) is 28.3. The molecule has 4 rings (SSSR count). The quantitative estimate of drug-likeness (QED) is 0.247. The molecule has 1 aliphatic rings. The topological polar surface area (TPSA) is 79.0 Å². The molecule has 0 atom stereocenters. The highest BCUT2D eigenvalue weighted by Gasteiger charge is 2.35. The lowest BCUT2D eigenvalue weighted by Gasteiger charge is -2.27. The fourth-order valence-corrected chi connectivity index (χ4v) is 4.68. The van der Waals surface area contributed by atoms with Crippen molar-refractivity contribution in [2.45, 2.75) is 32.1 Å². The normalized spacial score (nSPS) is 15.1. The number of amides is 2. The van der Waals surface area contributed by atoms with Crippen molar-refractivity contribution in [3.05, 3.63) is 83.1 Å². The van der Waals surface area contributed by atoms with Crippen LogP contribution in [0.25, 0.3) is 23.0 Å². The molecule has 0 fully saturated rings. The molecule has 1 aromatic heterocycles. The Kier molecular flexibility index (Phi) is 7.33. The highest BCUT2D eigenvalue weighted by molar-refractivity contribution is 7.99. The van der Waals surface area contributed by atoms with Gasteiger partial charge in [-0.05, 0) is 55.0 Å². The number of carbonyl (C=O) groups is 2. The average Bonchev–Trinajstić information content (AvgIpc) is 3.30. The van der Waals surface area contributed by atoms with Gasteiger partial charge in [-0.15, -0.1) is 11.8 Å². The predicted octanol–water partition coefficient (Wildman–Crippen LogP) is 5.65. The van der Waals surface area contributed by atoms with Gasteiger partial charge >= 0.3 is 0 Å². The Labute approximate surface area is 209 Å². The zero-order valence-corrected chi connectivity index (χ0v) is 20.8. The lowest BCUT2D eigenvalue weighted by molar-refractivity contribution is -0.140. The third kappa shape index (κ3) is 4.84. The fourth-order valence-electron chi connectivity index (χ4n) is 4.02. The first kappa shape index (κ1) is 24.2. The number of rotatable bonds is 7. The standard InChI is InChI=1S/C28H26N4O2S/c1-4-15-31-27(33)24(19(3)25(17-29)28(31)34)16-21-18-32(22-9-7-6-8-10-22)30-26(21)20-11-13-23(14-12-20)35-5-2/h6-14,16,18H,4-5,15H2,1-3H3/b24-16+. The van der Waals surface area contributed by atoms with E-state index in [9.17, 15) is 14.9 Å². The van der Waals surface area contributed by atoms with Crippen LogP contribution in [0, 0.1) is 11.3 Å². The van der Waals surface area contributed by atoms with E-state index in [1.807, 2.05) is 61.7 Å². The van der Waals surface area contributed by atoms with Crippen molar-refractivity contribution >= 4 is 29.7 Å². The van der Waals surface area contributed by atoms with Crippen LogP contribution >= 0.6 is 11.8 Å². The molecule has 6 nitrogen and oxygen atoms in total. The molecule has 1 aliphatic heterocycles. The molecule has 0 saturated carbocycles. The van der Waals surface area contributed by atoms with Crippen molar-refractivity contribution in [2.75, 3.05) is 12.3 Å². The van der Waals surface area contributed by atoms with Crippen LogP contribution in [-0.2, 0) is 9.59 Å². The maximum absolute atomic E-state index is 13.3. The first-order valence-electron chi connectivity index (χ1n) is 11.6. The fraction of sp³-hybridized carbons (Fsp3) is 0.214. The van der Waals surface area contributed by atoms with Crippen molar-refractivity contribution in [3.8, 4) is 23.0 Å². The molecule has 2 heterocycles. The van der Waals surface area contributed by atoms with Gasteiger partial charge < -0.3 is 0 Å². The van der Waals surface area contributed by atoms with E-state index in [2.05, 4.69) is 19.1 Å². The lowest BCUT2D eigenvalue weighted by Crippen LogP contribution is -2.43. The van der Waals surface area contributed by atoms with E-state index in [0.717, 1.165) is 27.5 Å². The minimum Gasteiger partial charge on any atom is -0.274 e. The van der Waals surface area contributed by atoms with Crippen LogP contribution in [0.15, 0.2) is 82.4 Å². The number of thioether (sulfide) groups is 1. The summed E-state index contributed by atoms with van der Waals surface area (Å²) in [5, 5.41) is 14.5. The molecule has 3 aromatic rings. The van der Waals surface area contributed by atoms with Gasteiger partial charge in [-0.25, -0.2) is 4.68 Å². The maximum atomic E-state index is 13.3. The Bertz CT molecular complexity index is 1360. The van der Waals surface area contributed by atoms with Crippen LogP contribution < -0.4 is 0 Å². The Morgan fingerprint density at radius 3 is 2.37 bits per heavy atom. The molecule has 176 valence electrons. The number of nitriles is 1. The zero-order valence-electron chi connectivity index (χ0n) is 20.0. The molecule has 0 spiro atoms.